The predicted octanol–water partition coefficient (Wildman–Crippen LogP) is 2.29. The smallest absolute Gasteiger partial charge is 0.0750 e. The summed E-state index contributed by atoms with van der Waals surface area (Å²) >= 11 is 3.55. The molecule has 1 atom stereocenters. The Kier molecular flexibility index (Phi) is 3.52. The molecule has 2 rings (SSSR count). The summed E-state index contributed by atoms with van der Waals surface area (Å²) in [5, 5.41) is 3.52. The number of ether oxygens (including phenoxy) is 1. The zero-order valence-electron chi connectivity index (χ0n) is 9.42. The third-order valence-electron chi connectivity index (χ3n) is 3.02. The fourth-order valence-electron chi connectivity index (χ4n) is 1.94. The highest BCUT2D eigenvalue weighted by Crippen LogP contribution is 2.29. The van der Waals surface area contributed by atoms with E-state index < -0.39 is 0 Å². The molecule has 1 unspecified atom stereocenters. The second-order valence-corrected chi connectivity index (χ2v) is 5.25. The number of nitrogens with two attached hydrogens (primary N) is 1. The Balaban J connectivity index is 2.21. The second kappa shape index (κ2) is 4.73. The van der Waals surface area contributed by atoms with E-state index in [9.17, 15) is 0 Å². The summed E-state index contributed by atoms with van der Waals surface area (Å²) in [6.07, 6.45) is 0.962. The van der Waals surface area contributed by atoms with Crippen molar-refractivity contribution in [3.63, 3.8) is 0 Å². The number of halogens is 1. The van der Waals surface area contributed by atoms with Crippen LogP contribution in [0, 0.1) is 6.92 Å². The summed E-state index contributed by atoms with van der Waals surface area (Å²) < 4.78 is 6.50. The highest BCUT2D eigenvalue weighted by Gasteiger charge is 2.33. The van der Waals surface area contributed by atoms with Gasteiger partial charge in [0.2, 0.25) is 0 Å². The van der Waals surface area contributed by atoms with E-state index in [2.05, 4.69) is 46.4 Å². The van der Waals surface area contributed by atoms with Crippen LogP contribution in [0.3, 0.4) is 0 Å². The fraction of sp³-hybridized carbons (Fsp3) is 0.500. The van der Waals surface area contributed by atoms with Gasteiger partial charge in [0.1, 0.15) is 0 Å². The Morgan fingerprint density at radius 1 is 1.56 bits per heavy atom. The van der Waals surface area contributed by atoms with Crippen molar-refractivity contribution in [2.24, 2.45) is 5.73 Å². The molecule has 16 heavy (non-hydrogen) atoms. The number of hydrogen-bond donors (Lipinski definition) is 2. The van der Waals surface area contributed by atoms with E-state index in [-0.39, 0.29) is 5.54 Å². The van der Waals surface area contributed by atoms with Crippen LogP contribution in [0.1, 0.15) is 12.0 Å². The van der Waals surface area contributed by atoms with Gasteiger partial charge >= 0.3 is 0 Å². The van der Waals surface area contributed by atoms with Gasteiger partial charge in [0.15, 0.2) is 0 Å². The van der Waals surface area contributed by atoms with Crippen molar-refractivity contribution in [1.82, 2.24) is 0 Å². The van der Waals surface area contributed by atoms with Crippen LogP contribution in [0.4, 0.5) is 5.69 Å². The molecule has 3 N–H and O–H groups in total. The molecule has 1 aliphatic rings. The third-order valence-corrected chi connectivity index (χ3v) is 3.71. The molecule has 0 aromatic heterocycles. The first-order valence-corrected chi connectivity index (χ1v) is 6.27. The van der Waals surface area contributed by atoms with E-state index in [1.54, 1.807) is 0 Å². The molecule has 0 aliphatic carbocycles. The van der Waals surface area contributed by atoms with Crippen LogP contribution >= 0.6 is 15.9 Å². The number of nitrogens with one attached hydrogen (secondary N) is 1. The minimum absolute atomic E-state index is 0.101. The van der Waals surface area contributed by atoms with Crippen molar-refractivity contribution in [2.75, 3.05) is 25.1 Å². The van der Waals surface area contributed by atoms with E-state index >= 15 is 0 Å². The molecule has 1 heterocycles. The molecular formula is C12H17BrN2O. The van der Waals surface area contributed by atoms with Crippen LogP contribution in [-0.2, 0) is 4.74 Å². The van der Waals surface area contributed by atoms with Crippen LogP contribution in [0.2, 0.25) is 0 Å². The average Bonchev–Trinajstić information content (AvgIpc) is 2.73. The van der Waals surface area contributed by atoms with Crippen LogP contribution in [0.5, 0.6) is 0 Å². The van der Waals surface area contributed by atoms with Gasteiger partial charge in [0.05, 0.1) is 12.1 Å². The molecule has 0 amide bonds. The van der Waals surface area contributed by atoms with Crippen LogP contribution in [-0.4, -0.2) is 25.3 Å². The highest BCUT2D eigenvalue weighted by molar-refractivity contribution is 9.10. The molecule has 1 aromatic rings. The lowest BCUT2D eigenvalue weighted by molar-refractivity contribution is 0.183. The zero-order valence-corrected chi connectivity index (χ0v) is 11.0. The third kappa shape index (κ3) is 2.39. The standard InChI is InChI=1S/C12H17BrN2O/c1-9-2-3-10(13)11(6-9)15-12(7-14)4-5-16-8-12/h2-3,6,15H,4-5,7-8,14H2,1H3. The monoisotopic (exact) mass is 284 g/mol. The van der Waals surface area contributed by atoms with Gasteiger partial charge in [-0.1, -0.05) is 6.07 Å². The van der Waals surface area contributed by atoms with Crippen molar-refractivity contribution in [2.45, 2.75) is 18.9 Å². The summed E-state index contributed by atoms with van der Waals surface area (Å²) in [5.74, 6) is 0. The fourth-order valence-corrected chi connectivity index (χ4v) is 2.28. The normalized spacial score (nSPS) is 24.7. The SMILES string of the molecule is Cc1ccc(Br)c(NC2(CN)CCOC2)c1. The summed E-state index contributed by atoms with van der Waals surface area (Å²) in [6.45, 7) is 4.14. The average molecular weight is 285 g/mol. The zero-order chi connectivity index (χ0) is 11.6. The lowest BCUT2D eigenvalue weighted by Crippen LogP contribution is -2.46. The van der Waals surface area contributed by atoms with Gasteiger partial charge in [-0.2, -0.15) is 0 Å². The van der Waals surface area contributed by atoms with Gasteiger partial charge in [0.25, 0.3) is 0 Å². The molecule has 4 heteroatoms. The predicted molar refractivity (Wildman–Crippen MR) is 69.7 cm³/mol. The number of hydrogen-bond acceptors (Lipinski definition) is 3. The molecule has 1 aromatic carbocycles. The van der Waals surface area contributed by atoms with Crippen LogP contribution < -0.4 is 11.1 Å². The van der Waals surface area contributed by atoms with Crippen molar-refractivity contribution in [3.8, 4) is 0 Å². The van der Waals surface area contributed by atoms with Gasteiger partial charge in [-0.15, -0.1) is 0 Å². The topological polar surface area (TPSA) is 47.3 Å². The molecule has 0 radical (unpaired) electrons. The van der Waals surface area contributed by atoms with Crippen LogP contribution in [0.25, 0.3) is 0 Å². The lowest BCUT2D eigenvalue weighted by atomic mass is 9.98. The maximum atomic E-state index is 5.85. The van der Waals surface area contributed by atoms with Gasteiger partial charge in [-0.3, -0.25) is 0 Å². The van der Waals surface area contributed by atoms with Gasteiger partial charge in [0, 0.05) is 23.3 Å². The Morgan fingerprint density at radius 2 is 2.38 bits per heavy atom. The second-order valence-electron chi connectivity index (χ2n) is 4.40. The molecule has 88 valence electrons. The van der Waals surface area contributed by atoms with E-state index in [4.69, 9.17) is 10.5 Å². The largest absolute Gasteiger partial charge is 0.379 e. The first-order valence-electron chi connectivity index (χ1n) is 5.47. The maximum Gasteiger partial charge on any atom is 0.0750 e. The Labute approximate surface area is 104 Å². The molecular weight excluding hydrogens is 268 g/mol. The van der Waals surface area contributed by atoms with Crippen molar-refractivity contribution < 1.29 is 4.74 Å². The highest BCUT2D eigenvalue weighted by atomic mass is 79.9. The van der Waals surface area contributed by atoms with E-state index in [0.29, 0.717) is 13.2 Å². The summed E-state index contributed by atoms with van der Waals surface area (Å²) in [7, 11) is 0. The molecule has 0 spiro atoms. The van der Waals surface area contributed by atoms with Gasteiger partial charge < -0.3 is 15.8 Å². The summed E-state index contributed by atoms with van der Waals surface area (Å²) in [5.41, 5.74) is 8.07. The van der Waals surface area contributed by atoms with E-state index in [1.165, 1.54) is 5.56 Å². The number of aryl methyl sites for hydroxylation is 1. The van der Waals surface area contributed by atoms with Crippen molar-refractivity contribution >= 4 is 21.6 Å². The van der Waals surface area contributed by atoms with Crippen molar-refractivity contribution in [3.05, 3.63) is 28.2 Å². The minimum atomic E-state index is -0.101. The van der Waals surface area contributed by atoms with Crippen molar-refractivity contribution in [1.29, 1.82) is 0 Å². The molecule has 1 aliphatic heterocycles. The lowest BCUT2D eigenvalue weighted by Gasteiger charge is -2.29. The molecule has 3 nitrogen and oxygen atoms in total. The van der Waals surface area contributed by atoms with E-state index in [0.717, 1.165) is 23.2 Å². The summed E-state index contributed by atoms with van der Waals surface area (Å²) in [6, 6.07) is 6.26. The molecule has 1 saturated heterocycles. The quantitative estimate of drug-likeness (QED) is 0.895. The first-order chi connectivity index (χ1) is 7.65. The maximum absolute atomic E-state index is 5.85. The number of benzene rings is 1. The number of rotatable bonds is 3. The number of anilines is 1. The Hall–Kier alpha value is -0.580. The van der Waals surface area contributed by atoms with Crippen LogP contribution in [0.15, 0.2) is 22.7 Å². The molecule has 0 bridgehead atoms. The molecule has 0 saturated carbocycles. The van der Waals surface area contributed by atoms with E-state index in [1.807, 2.05) is 0 Å². The summed E-state index contributed by atoms with van der Waals surface area (Å²) in [4.78, 5) is 0. The van der Waals surface area contributed by atoms with Gasteiger partial charge in [-0.25, -0.2) is 0 Å². The Morgan fingerprint density at radius 3 is 3.00 bits per heavy atom. The minimum Gasteiger partial charge on any atom is -0.379 e. The molecule has 1 fully saturated rings. The van der Waals surface area contributed by atoms with Gasteiger partial charge in [-0.05, 0) is 47.0 Å². The first kappa shape index (κ1) is 11.9. The Bertz CT molecular complexity index is 375.